The van der Waals surface area contributed by atoms with Gasteiger partial charge in [-0.3, -0.25) is 9.59 Å². The molecule has 0 spiro atoms. The Labute approximate surface area is 442 Å². The minimum Gasteiger partial charge on any atom is -0.393 e. The Balaban J connectivity index is -0.000000102. The van der Waals surface area contributed by atoms with E-state index in [-0.39, 0.29) is 56.2 Å². The van der Waals surface area contributed by atoms with E-state index in [2.05, 4.69) is 40.7 Å². The van der Waals surface area contributed by atoms with Crippen LogP contribution in [0.15, 0.2) is 0 Å². The summed E-state index contributed by atoms with van der Waals surface area (Å²) in [6, 6.07) is 2.28. The predicted octanol–water partition coefficient (Wildman–Crippen LogP) is 19.5. The summed E-state index contributed by atoms with van der Waals surface area (Å²) in [7, 11) is 0. The van der Waals surface area contributed by atoms with E-state index in [0.717, 1.165) is 57.7 Å². The molecule has 7 rings (SSSR count). The molecule has 3 atom stereocenters. The molecule has 7 aliphatic rings. The van der Waals surface area contributed by atoms with Gasteiger partial charge in [0.1, 0.15) is 17.9 Å². The number of Topliss-reactive ketones (excluding diaryl/α,β-unsaturated/α-hetero) is 2. The summed E-state index contributed by atoms with van der Waals surface area (Å²) < 4.78 is 0. The van der Waals surface area contributed by atoms with E-state index in [4.69, 9.17) is 20.6 Å². The molecule has 70 heavy (non-hydrogen) atoms. The number of carbonyl (C=O) groups is 3. The summed E-state index contributed by atoms with van der Waals surface area (Å²) in [5.74, 6) is 0.729. The second kappa shape index (κ2) is 48.3. The number of rotatable bonds is 6. The predicted molar refractivity (Wildman–Crippen MR) is 313 cm³/mol. The molecule has 0 aromatic rings. The Kier molecular flexibility index (Phi) is 58.8. The fourth-order valence-electron chi connectivity index (χ4n) is 7.25. The third-order valence-electron chi connectivity index (χ3n) is 15.6. The lowest BCUT2D eigenvalue weighted by Crippen LogP contribution is -2.36. The first-order chi connectivity index (χ1) is 32.8. The van der Waals surface area contributed by atoms with Crippen LogP contribution in [0, 0.1) is 49.2 Å². The fourth-order valence-corrected chi connectivity index (χ4v) is 7.25. The van der Waals surface area contributed by atoms with E-state index in [0.29, 0.717) is 11.6 Å². The van der Waals surface area contributed by atoms with Gasteiger partial charge in [0.25, 0.3) is 0 Å². The molecule has 7 heteroatoms. The van der Waals surface area contributed by atoms with Crippen LogP contribution in [0.5, 0.6) is 0 Å². The molecular weight excluding hydrogens is 867 g/mol. The van der Waals surface area contributed by atoms with E-state index in [1.54, 1.807) is 13.8 Å². The molecule has 0 saturated heterocycles. The first-order valence-corrected chi connectivity index (χ1v) is 29.7. The molecule has 0 aromatic carbocycles. The third-order valence-corrected chi connectivity index (χ3v) is 15.6. The molecule has 1 unspecified atom stereocenters. The molecule has 0 aliphatic heterocycles. The van der Waals surface area contributed by atoms with Gasteiger partial charge in [0.2, 0.25) is 0 Å². The number of nitriles is 1. The van der Waals surface area contributed by atoms with Crippen molar-refractivity contribution >= 4 is 17.9 Å². The van der Waals surface area contributed by atoms with Crippen molar-refractivity contribution in [3.63, 3.8) is 0 Å². The van der Waals surface area contributed by atoms with E-state index < -0.39 is 0 Å². The number of nitrogens with zero attached hydrogens (tertiary/aromatic N) is 1. The average molecular weight is 1000 g/mol. The van der Waals surface area contributed by atoms with E-state index in [1.165, 1.54) is 83.5 Å². The molecule has 0 aromatic heterocycles. The maximum absolute atomic E-state index is 10.7. The lowest BCUT2D eigenvalue weighted by atomic mass is 9.67. The highest BCUT2D eigenvalue weighted by molar-refractivity contribution is 5.83. The van der Waals surface area contributed by atoms with Crippen LogP contribution in [0.3, 0.4) is 0 Å². The van der Waals surface area contributed by atoms with Crippen LogP contribution in [0.25, 0.3) is 0 Å². The van der Waals surface area contributed by atoms with Crippen molar-refractivity contribution in [2.75, 3.05) is 0 Å². The number of ketones is 2. The first-order valence-electron chi connectivity index (χ1n) is 29.7. The molecule has 0 radical (unpaired) electrons. The summed E-state index contributed by atoms with van der Waals surface area (Å²) >= 11 is 0. The summed E-state index contributed by atoms with van der Waals surface area (Å²) in [5.41, 5.74) is 1.15. The molecule has 426 valence electrons. The van der Waals surface area contributed by atoms with Gasteiger partial charge < -0.3 is 20.1 Å². The van der Waals surface area contributed by atoms with Crippen molar-refractivity contribution < 1.29 is 29.7 Å². The van der Waals surface area contributed by atoms with E-state index in [1.807, 2.05) is 145 Å². The van der Waals surface area contributed by atoms with Crippen molar-refractivity contribution in [1.82, 2.24) is 0 Å². The van der Waals surface area contributed by atoms with Crippen molar-refractivity contribution in [3.05, 3.63) is 0 Å². The average Bonchev–Trinajstić information content (AvgIpc) is 3.32. The van der Waals surface area contributed by atoms with Gasteiger partial charge >= 0.3 is 0 Å². The Morgan fingerprint density at radius 2 is 0.586 bits per heavy atom. The summed E-state index contributed by atoms with van der Waals surface area (Å²) in [5, 5.41) is 35.8. The highest BCUT2D eigenvalue weighted by Gasteiger charge is 2.39. The lowest BCUT2D eigenvalue weighted by Gasteiger charge is -2.40. The minimum absolute atomic E-state index is 0.0694. The minimum atomic E-state index is -0.101. The normalized spacial score (nSPS) is 21.2. The fraction of sp³-hybridized carbons (Fsp3) is 0.937. The van der Waals surface area contributed by atoms with Crippen LogP contribution in [0.1, 0.15) is 329 Å². The van der Waals surface area contributed by atoms with Gasteiger partial charge in [-0.15, -0.1) is 0 Å². The zero-order valence-electron chi connectivity index (χ0n) is 53.2. The van der Waals surface area contributed by atoms with Crippen LogP contribution in [-0.4, -0.2) is 51.5 Å². The molecule has 0 bridgehead atoms. The number of hydrogen-bond acceptors (Lipinski definition) is 7. The van der Waals surface area contributed by atoms with Gasteiger partial charge in [-0.25, -0.2) is 0 Å². The van der Waals surface area contributed by atoms with Gasteiger partial charge in [-0.05, 0) is 148 Å². The SMILES string of the molecule is CC.CC.CC.CC.CC.CC.CC.CC.CC(=O)C1(C)CCC1.CC(=O)C1(C)CCC1.CC(O)C1(C)CCC1.CC1(C#N)CCC1.CC1(C=O)CCC1.C[C@@H](O)C1(C)CCC1.C[C@H](O)C1(C)CCC1. The second-order valence-electron chi connectivity index (χ2n) is 20.6. The number of aldehydes is 1. The largest absolute Gasteiger partial charge is 0.393 e. The van der Waals surface area contributed by atoms with Crippen molar-refractivity contribution in [2.45, 2.75) is 347 Å². The van der Waals surface area contributed by atoms with Crippen LogP contribution < -0.4 is 0 Å². The lowest BCUT2D eigenvalue weighted by molar-refractivity contribution is -0.130. The molecular formula is C63H133NO6. The van der Waals surface area contributed by atoms with Crippen LogP contribution in [-0.2, 0) is 14.4 Å². The molecule has 7 aliphatic carbocycles. The van der Waals surface area contributed by atoms with Crippen LogP contribution in [0.4, 0.5) is 0 Å². The molecule has 7 fully saturated rings. The van der Waals surface area contributed by atoms with Crippen LogP contribution >= 0.6 is 0 Å². The summed E-state index contributed by atoms with van der Waals surface area (Å²) in [6.45, 7) is 55.7. The highest BCUT2D eigenvalue weighted by Crippen LogP contribution is 2.45. The number of hydrogen-bond donors (Lipinski definition) is 3. The Hall–Kier alpha value is -1.62. The van der Waals surface area contributed by atoms with Gasteiger partial charge in [-0.2, -0.15) is 5.26 Å². The zero-order chi connectivity index (χ0) is 57.7. The molecule has 3 N–H and O–H groups in total. The van der Waals surface area contributed by atoms with Crippen molar-refractivity contribution in [2.24, 2.45) is 37.9 Å². The Morgan fingerprint density at radius 1 is 0.400 bits per heavy atom. The summed E-state index contributed by atoms with van der Waals surface area (Å²) in [4.78, 5) is 31.6. The Morgan fingerprint density at radius 3 is 0.586 bits per heavy atom. The third kappa shape index (κ3) is 34.7. The quantitative estimate of drug-likeness (QED) is 0.226. The van der Waals surface area contributed by atoms with Gasteiger partial charge in [-0.1, -0.05) is 197 Å². The van der Waals surface area contributed by atoms with Gasteiger partial charge in [0, 0.05) is 16.2 Å². The van der Waals surface area contributed by atoms with Crippen molar-refractivity contribution in [1.29, 1.82) is 5.26 Å². The molecule has 0 amide bonds. The second-order valence-corrected chi connectivity index (χ2v) is 20.6. The maximum atomic E-state index is 10.7. The van der Waals surface area contributed by atoms with E-state index in [9.17, 15) is 14.4 Å². The standard InChI is InChI=1S/3C7H14O.2C7H12O.C6H9N.C6H10O.8C2H6/c5*1-6(8)7(2)4-3-5-7;2*1-6(5-7)3-2-4-6;8*1-2/h3*6,8H,3-5H2,1-2H3;2*3-5H2,1-2H3;2-4H2,1H3;5H,2-4H2,1H3;8*1-2H3/t2*6-;;;;;;;;;;;;;/m10............./s1. The van der Waals surface area contributed by atoms with Crippen molar-refractivity contribution in [3.8, 4) is 6.07 Å². The van der Waals surface area contributed by atoms with Gasteiger partial charge in [0.15, 0.2) is 0 Å². The molecule has 0 heterocycles. The highest BCUT2D eigenvalue weighted by atomic mass is 16.3. The topological polar surface area (TPSA) is 136 Å². The monoisotopic (exact) mass is 1000 g/mol. The van der Waals surface area contributed by atoms with Crippen LogP contribution in [0.2, 0.25) is 0 Å². The number of aliphatic hydroxyl groups excluding tert-OH is 3. The number of aliphatic hydroxyl groups is 3. The van der Waals surface area contributed by atoms with E-state index >= 15 is 0 Å². The number of carbonyl (C=O) groups excluding carboxylic acids is 3. The first kappa shape index (κ1) is 85.2. The summed E-state index contributed by atoms with van der Waals surface area (Å²) in [6.07, 6.45) is 25.9. The van der Waals surface area contributed by atoms with Gasteiger partial charge in [0.05, 0.1) is 29.8 Å². The molecule has 7 nitrogen and oxygen atoms in total. The zero-order valence-corrected chi connectivity index (χ0v) is 53.2. The smallest absolute Gasteiger partial charge is 0.135 e. The maximum Gasteiger partial charge on any atom is 0.135 e. The Bertz CT molecular complexity index is 1100. The molecule has 7 saturated carbocycles.